The molecular weight excluding hydrogens is 402 g/mol. The van der Waals surface area contributed by atoms with Crippen LogP contribution in [0.1, 0.15) is 24.8 Å². The predicted molar refractivity (Wildman–Crippen MR) is 114 cm³/mol. The van der Waals surface area contributed by atoms with Crippen molar-refractivity contribution in [2.45, 2.75) is 30.6 Å². The summed E-state index contributed by atoms with van der Waals surface area (Å²) in [6.45, 7) is 2.24. The van der Waals surface area contributed by atoms with E-state index < -0.39 is 9.84 Å². The fourth-order valence-corrected chi connectivity index (χ4v) is 5.29. The monoisotopic (exact) mass is 429 g/mol. The van der Waals surface area contributed by atoms with Crippen LogP contribution in [-0.2, 0) is 21.1 Å². The first kappa shape index (κ1) is 20.7. The van der Waals surface area contributed by atoms with Gasteiger partial charge in [0.1, 0.15) is 13.2 Å². The molecule has 1 saturated heterocycles. The highest BCUT2D eigenvalue weighted by molar-refractivity contribution is 7.91. The lowest BCUT2D eigenvalue weighted by Gasteiger charge is -2.32. The molecule has 0 radical (unpaired) electrons. The summed E-state index contributed by atoms with van der Waals surface area (Å²) in [5, 5.41) is 0. The SMILES string of the molecule is O=C(CCS(=O)(=O)c1ccc2c(c1)OCCO2)N1CCC(Cc2ccccc2)CC1. The normalized spacial score (nSPS) is 17.0. The molecule has 2 aromatic carbocycles. The second kappa shape index (κ2) is 9.08. The number of piperidine rings is 1. The fraction of sp³-hybridized carbons (Fsp3) is 0.435. The molecule has 0 spiro atoms. The minimum Gasteiger partial charge on any atom is -0.486 e. The molecule has 7 heteroatoms. The summed E-state index contributed by atoms with van der Waals surface area (Å²) in [6.07, 6.45) is 2.94. The van der Waals surface area contributed by atoms with Crippen LogP contribution >= 0.6 is 0 Å². The van der Waals surface area contributed by atoms with Crippen molar-refractivity contribution in [1.29, 1.82) is 0 Å². The van der Waals surface area contributed by atoms with Gasteiger partial charge in [-0.05, 0) is 42.9 Å². The lowest BCUT2D eigenvalue weighted by molar-refractivity contribution is -0.132. The third-order valence-corrected chi connectivity index (χ3v) is 7.51. The summed E-state index contributed by atoms with van der Waals surface area (Å²) >= 11 is 0. The van der Waals surface area contributed by atoms with Gasteiger partial charge in [-0.1, -0.05) is 30.3 Å². The second-order valence-electron chi connectivity index (χ2n) is 7.89. The molecule has 30 heavy (non-hydrogen) atoms. The number of carbonyl (C=O) groups is 1. The summed E-state index contributed by atoms with van der Waals surface area (Å²) in [5.41, 5.74) is 1.33. The molecule has 2 aliphatic heterocycles. The van der Waals surface area contributed by atoms with Gasteiger partial charge in [0.15, 0.2) is 21.3 Å². The molecule has 160 valence electrons. The van der Waals surface area contributed by atoms with Crippen LogP contribution in [0.5, 0.6) is 11.5 Å². The van der Waals surface area contributed by atoms with Gasteiger partial charge in [0, 0.05) is 25.6 Å². The van der Waals surface area contributed by atoms with Gasteiger partial charge in [-0.15, -0.1) is 0 Å². The molecule has 0 N–H and O–H groups in total. The lowest BCUT2D eigenvalue weighted by atomic mass is 9.90. The zero-order chi connectivity index (χ0) is 21.0. The van der Waals surface area contributed by atoms with E-state index in [0.29, 0.717) is 43.7 Å². The van der Waals surface area contributed by atoms with Gasteiger partial charge in [-0.25, -0.2) is 8.42 Å². The lowest BCUT2D eigenvalue weighted by Crippen LogP contribution is -2.39. The quantitative estimate of drug-likeness (QED) is 0.706. The van der Waals surface area contributed by atoms with E-state index >= 15 is 0 Å². The Morgan fingerprint density at radius 3 is 2.40 bits per heavy atom. The van der Waals surface area contributed by atoms with E-state index in [9.17, 15) is 13.2 Å². The van der Waals surface area contributed by atoms with E-state index in [4.69, 9.17) is 9.47 Å². The highest BCUT2D eigenvalue weighted by Crippen LogP contribution is 2.32. The van der Waals surface area contributed by atoms with Crippen molar-refractivity contribution in [2.75, 3.05) is 32.1 Å². The minimum absolute atomic E-state index is 0.000126. The summed E-state index contributed by atoms with van der Waals surface area (Å²) < 4.78 is 36.3. The van der Waals surface area contributed by atoms with Crippen LogP contribution in [0.3, 0.4) is 0 Å². The molecule has 2 aromatic rings. The van der Waals surface area contributed by atoms with Crippen LogP contribution < -0.4 is 9.47 Å². The molecule has 0 unspecified atom stereocenters. The van der Waals surface area contributed by atoms with Crippen molar-refractivity contribution in [3.05, 3.63) is 54.1 Å². The van der Waals surface area contributed by atoms with Gasteiger partial charge in [0.05, 0.1) is 10.6 Å². The van der Waals surface area contributed by atoms with Crippen LogP contribution in [0.15, 0.2) is 53.4 Å². The number of ether oxygens (including phenoxy) is 2. The zero-order valence-electron chi connectivity index (χ0n) is 17.0. The number of nitrogens with zero attached hydrogens (tertiary/aromatic N) is 1. The van der Waals surface area contributed by atoms with E-state index in [1.165, 1.54) is 17.7 Å². The average Bonchev–Trinajstić information content (AvgIpc) is 2.78. The number of fused-ring (bicyclic) bond motifs is 1. The topological polar surface area (TPSA) is 72.9 Å². The number of rotatable bonds is 6. The van der Waals surface area contributed by atoms with Crippen molar-refractivity contribution in [1.82, 2.24) is 4.90 Å². The van der Waals surface area contributed by atoms with Gasteiger partial charge in [0.2, 0.25) is 5.91 Å². The second-order valence-corrected chi connectivity index (χ2v) is 10.00. The van der Waals surface area contributed by atoms with E-state index in [-0.39, 0.29) is 23.0 Å². The number of likely N-dealkylation sites (tertiary alicyclic amines) is 1. The Hall–Kier alpha value is -2.54. The molecule has 1 fully saturated rings. The molecule has 1 amide bonds. The number of carbonyl (C=O) groups excluding carboxylic acids is 1. The van der Waals surface area contributed by atoms with Gasteiger partial charge >= 0.3 is 0 Å². The van der Waals surface area contributed by atoms with E-state index in [1.54, 1.807) is 11.0 Å². The van der Waals surface area contributed by atoms with Crippen LogP contribution in [0.2, 0.25) is 0 Å². The summed E-state index contributed by atoms with van der Waals surface area (Å²) in [6, 6.07) is 15.0. The summed E-state index contributed by atoms with van der Waals surface area (Å²) in [4.78, 5) is 14.6. The molecular formula is C23H27NO5S. The predicted octanol–water partition coefficient (Wildman–Crippen LogP) is 3.10. The highest BCUT2D eigenvalue weighted by Gasteiger charge is 2.25. The minimum atomic E-state index is -3.56. The summed E-state index contributed by atoms with van der Waals surface area (Å²) in [5.74, 6) is 1.27. The van der Waals surface area contributed by atoms with E-state index in [1.807, 2.05) is 6.07 Å². The summed E-state index contributed by atoms with van der Waals surface area (Å²) in [7, 11) is -3.56. The average molecular weight is 430 g/mol. The smallest absolute Gasteiger partial charge is 0.223 e. The van der Waals surface area contributed by atoms with Gasteiger partial charge < -0.3 is 14.4 Å². The van der Waals surface area contributed by atoms with Gasteiger partial charge in [-0.3, -0.25) is 4.79 Å². The number of hydrogen-bond donors (Lipinski definition) is 0. The van der Waals surface area contributed by atoms with Crippen molar-refractivity contribution >= 4 is 15.7 Å². The standard InChI is InChI=1S/C23H27NO5S/c25-23(24-11-8-19(9-12-24)16-18-4-2-1-3-5-18)10-15-30(26,27)20-6-7-21-22(17-20)29-14-13-28-21/h1-7,17,19H,8-16H2. The Morgan fingerprint density at radius 1 is 0.967 bits per heavy atom. The molecule has 2 heterocycles. The van der Waals surface area contributed by atoms with Crippen LogP contribution in [0.4, 0.5) is 0 Å². The van der Waals surface area contributed by atoms with Crippen molar-refractivity contribution in [3.8, 4) is 11.5 Å². The number of benzene rings is 2. The third kappa shape index (κ3) is 4.95. The molecule has 0 saturated carbocycles. The molecule has 0 bridgehead atoms. The zero-order valence-corrected chi connectivity index (χ0v) is 17.8. The molecule has 0 aromatic heterocycles. The van der Waals surface area contributed by atoms with E-state index in [2.05, 4.69) is 24.3 Å². The molecule has 0 aliphatic carbocycles. The van der Waals surface area contributed by atoms with Crippen molar-refractivity contribution in [3.63, 3.8) is 0 Å². The Kier molecular flexibility index (Phi) is 6.27. The number of amides is 1. The Balaban J connectivity index is 1.28. The first-order valence-corrected chi connectivity index (χ1v) is 12.1. The maximum Gasteiger partial charge on any atom is 0.223 e. The third-order valence-electron chi connectivity index (χ3n) is 5.79. The van der Waals surface area contributed by atoms with Crippen molar-refractivity contribution < 1.29 is 22.7 Å². The molecule has 4 rings (SSSR count). The van der Waals surface area contributed by atoms with Gasteiger partial charge in [0.25, 0.3) is 0 Å². The molecule has 6 nitrogen and oxygen atoms in total. The molecule has 2 aliphatic rings. The van der Waals surface area contributed by atoms with Crippen molar-refractivity contribution in [2.24, 2.45) is 5.92 Å². The largest absolute Gasteiger partial charge is 0.486 e. The number of hydrogen-bond acceptors (Lipinski definition) is 5. The maximum atomic E-state index is 12.7. The first-order chi connectivity index (χ1) is 14.5. The Morgan fingerprint density at radius 2 is 1.67 bits per heavy atom. The maximum absolute atomic E-state index is 12.7. The fourth-order valence-electron chi connectivity index (χ4n) is 4.05. The van der Waals surface area contributed by atoms with Crippen LogP contribution in [0.25, 0.3) is 0 Å². The van der Waals surface area contributed by atoms with Crippen LogP contribution in [0, 0.1) is 5.92 Å². The number of sulfone groups is 1. The Bertz CT molecular complexity index is 982. The van der Waals surface area contributed by atoms with E-state index in [0.717, 1.165) is 19.3 Å². The highest BCUT2D eigenvalue weighted by atomic mass is 32.2. The first-order valence-electron chi connectivity index (χ1n) is 10.5. The Labute approximate surface area is 177 Å². The molecule has 0 atom stereocenters. The van der Waals surface area contributed by atoms with Gasteiger partial charge in [-0.2, -0.15) is 0 Å². The van der Waals surface area contributed by atoms with Crippen LogP contribution in [-0.4, -0.2) is 51.3 Å².